The molecule has 0 spiro atoms. The highest BCUT2D eigenvalue weighted by Crippen LogP contribution is 2.35. The zero-order valence-corrected chi connectivity index (χ0v) is 14.1. The minimum Gasteiger partial charge on any atom is -0.497 e. The van der Waals surface area contributed by atoms with Crippen molar-refractivity contribution in [3.05, 3.63) is 35.4 Å². The summed E-state index contributed by atoms with van der Waals surface area (Å²) in [5, 5.41) is 0. The smallest absolute Gasteiger partial charge is 0.272 e. The van der Waals surface area contributed by atoms with Crippen molar-refractivity contribution in [3.8, 4) is 5.75 Å². The number of carbonyl (C=O) groups excluding carboxylic acids is 1. The number of hydrogen-bond acceptors (Lipinski definition) is 5. The van der Waals surface area contributed by atoms with Crippen molar-refractivity contribution >= 4 is 39.9 Å². The highest BCUT2D eigenvalue weighted by molar-refractivity contribution is 8.27. The van der Waals surface area contributed by atoms with E-state index < -0.39 is 0 Å². The molecule has 1 aromatic rings. The maximum Gasteiger partial charge on any atom is 0.272 e. The first-order valence-electron chi connectivity index (χ1n) is 7.35. The van der Waals surface area contributed by atoms with Gasteiger partial charge in [0.25, 0.3) is 5.91 Å². The maximum absolute atomic E-state index is 12.6. The van der Waals surface area contributed by atoms with Crippen molar-refractivity contribution in [1.82, 2.24) is 4.90 Å². The van der Waals surface area contributed by atoms with Crippen LogP contribution in [-0.4, -0.2) is 35.3 Å². The van der Waals surface area contributed by atoms with Crippen LogP contribution in [0.2, 0.25) is 0 Å². The number of ether oxygens (including phenoxy) is 1. The van der Waals surface area contributed by atoms with Gasteiger partial charge in [0.05, 0.1) is 17.7 Å². The summed E-state index contributed by atoms with van der Waals surface area (Å²) in [6, 6.07) is 7.38. The van der Waals surface area contributed by atoms with Gasteiger partial charge >= 0.3 is 0 Å². The molecule has 0 aliphatic carbocycles. The molecule has 0 atom stereocenters. The van der Waals surface area contributed by atoms with Gasteiger partial charge in [0.15, 0.2) is 4.32 Å². The van der Waals surface area contributed by atoms with Crippen LogP contribution in [0.4, 0.5) is 5.69 Å². The van der Waals surface area contributed by atoms with Crippen LogP contribution in [-0.2, 0) is 4.79 Å². The van der Waals surface area contributed by atoms with Crippen LogP contribution in [0.15, 0.2) is 35.4 Å². The van der Waals surface area contributed by atoms with E-state index in [-0.39, 0.29) is 5.91 Å². The molecule has 6 heteroatoms. The molecule has 116 valence electrons. The standard InChI is InChI=1S/C16H18N2O2S2/c1-20-13-7-5-12(6-8-13)18-15(19)14(22-16(18)21)11-17-9-3-2-4-10-17/h5-8,11H,2-4,9-10H2,1H3/b14-11-. The summed E-state index contributed by atoms with van der Waals surface area (Å²) < 4.78 is 5.73. The van der Waals surface area contributed by atoms with E-state index in [0.717, 1.165) is 24.5 Å². The van der Waals surface area contributed by atoms with E-state index in [1.54, 1.807) is 12.0 Å². The lowest BCUT2D eigenvalue weighted by Gasteiger charge is -2.25. The van der Waals surface area contributed by atoms with Crippen LogP contribution in [0.3, 0.4) is 0 Å². The molecule has 1 amide bonds. The van der Waals surface area contributed by atoms with Crippen molar-refractivity contribution in [2.75, 3.05) is 25.1 Å². The highest BCUT2D eigenvalue weighted by atomic mass is 32.2. The van der Waals surface area contributed by atoms with Crippen LogP contribution in [0.1, 0.15) is 19.3 Å². The minimum absolute atomic E-state index is 0.0364. The topological polar surface area (TPSA) is 32.8 Å². The van der Waals surface area contributed by atoms with Crippen LogP contribution >= 0.6 is 24.0 Å². The number of hydrogen-bond donors (Lipinski definition) is 0. The molecule has 0 saturated carbocycles. The fraction of sp³-hybridized carbons (Fsp3) is 0.375. The quantitative estimate of drug-likeness (QED) is 0.625. The van der Waals surface area contributed by atoms with Crippen molar-refractivity contribution < 1.29 is 9.53 Å². The van der Waals surface area contributed by atoms with Gasteiger partial charge in [-0.3, -0.25) is 9.69 Å². The second-order valence-corrected chi connectivity index (χ2v) is 6.97. The Morgan fingerprint density at radius 2 is 1.86 bits per heavy atom. The zero-order chi connectivity index (χ0) is 15.5. The zero-order valence-electron chi connectivity index (χ0n) is 12.4. The number of rotatable bonds is 3. The van der Waals surface area contributed by atoms with Gasteiger partial charge < -0.3 is 9.64 Å². The molecule has 2 fully saturated rings. The molecule has 2 saturated heterocycles. The van der Waals surface area contributed by atoms with Crippen molar-refractivity contribution in [3.63, 3.8) is 0 Å². The number of piperidine rings is 1. The van der Waals surface area contributed by atoms with Gasteiger partial charge in [-0.2, -0.15) is 0 Å². The third kappa shape index (κ3) is 3.13. The number of thiocarbonyl (C=S) groups is 1. The number of thioether (sulfide) groups is 1. The third-order valence-electron chi connectivity index (χ3n) is 3.81. The van der Waals surface area contributed by atoms with Gasteiger partial charge in [-0.15, -0.1) is 0 Å². The lowest BCUT2D eigenvalue weighted by atomic mass is 10.1. The van der Waals surface area contributed by atoms with E-state index in [1.807, 2.05) is 30.5 Å². The molecule has 3 rings (SSSR count). The lowest BCUT2D eigenvalue weighted by Crippen LogP contribution is -2.29. The minimum atomic E-state index is -0.0364. The summed E-state index contributed by atoms with van der Waals surface area (Å²) in [4.78, 5) is 17.2. The van der Waals surface area contributed by atoms with Gasteiger partial charge in [-0.1, -0.05) is 24.0 Å². The predicted molar refractivity (Wildman–Crippen MR) is 94.2 cm³/mol. The number of amides is 1. The average Bonchev–Trinajstić information content (AvgIpc) is 2.82. The van der Waals surface area contributed by atoms with Gasteiger partial charge in [0, 0.05) is 19.3 Å². The molecule has 4 nitrogen and oxygen atoms in total. The number of methoxy groups -OCH3 is 1. The summed E-state index contributed by atoms with van der Waals surface area (Å²) in [7, 11) is 1.62. The predicted octanol–water partition coefficient (Wildman–Crippen LogP) is 3.39. The molecule has 0 N–H and O–H groups in total. The molecule has 0 radical (unpaired) electrons. The van der Waals surface area contributed by atoms with Crippen molar-refractivity contribution in [2.45, 2.75) is 19.3 Å². The summed E-state index contributed by atoms with van der Waals surface area (Å²) in [5.74, 6) is 0.726. The second kappa shape index (κ2) is 6.71. The molecule has 0 unspecified atom stereocenters. The van der Waals surface area contributed by atoms with Crippen molar-refractivity contribution in [1.29, 1.82) is 0 Å². The number of carbonyl (C=O) groups is 1. The van der Waals surface area contributed by atoms with Gasteiger partial charge in [-0.05, 0) is 43.5 Å². The first kappa shape index (κ1) is 15.4. The summed E-state index contributed by atoms with van der Waals surface area (Å²) >= 11 is 6.76. The Hall–Kier alpha value is -1.53. The number of anilines is 1. The van der Waals surface area contributed by atoms with Gasteiger partial charge in [0.2, 0.25) is 0 Å². The Bertz CT molecular complexity index is 607. The molecular formula is C16H18N2O2S2. The number of nitrogens with zero attached hydrogens (tertiary/aromatic N) is 2. The van der Waals surface area contributed by atoms with E-state index >= 15 is 0 Å². The summed E-state index contributed by atoms with van der Waals surface area (Å²) in [5.41, 5.74) is 0.783. The van der Waals surface area contributed by atoms with E-state index in [9.17, 15) is 4.79 Å². The Labute approximate surface area is 140 Å². The lowest BCUT2D eigenvalue weighted by molar-refractivity contribution is -0.113. The largest absolute Gasteiger partial charge is 0.497 e. The van der Waals surface area contributed by atoms with E-state index in [0.29, 0.717) is 9.23 Å². The Kier molecular flexibility index (Phi) is 4.69. The van der Waals surface area contributed by atoms with E-state index in [1.165, 1.54) is 31.0 Å². The first-order chi connectivity index (χ1) is 10.7. The van der Waals surface area contributed by atoms with E-state index in [2.05, 4.69) is 4.90 Å². The highest BCUT2D eigenvalue weighted by Gasteiger charge is 2.33. The molecule has 2 aliphatic heterocycles. The van der Waals surface area contributed by atoms with Gasteiger partial charge in [0.1, 0.15) is 5.75 Å². The van der Waals surface area contributed by atoms with Crippen LogP contribution in [0, 0.1) is 0 Å². The molecule has 0 aromatic heterocycles. The number of benzene rings is 1. The van der Waals surface area contributed by atoms with Crippen LogP contribution in [0.5, 0.6) is 5.75 Å². The van der Waals surface area contributed by atoms with E-state index in [4.69, 9.17) is 17.0 Å². The molecule has 2 heterocycles. The summed E-state index contributed by atoms with van der Waals surface area (Å²) in [6.45, 7) is 2.04. The third-order valence-corrected chi connectivity index (χ3v) is 5.10. The normalized spacial score (nSPS) is 20.9. The molecular weight excluding hydrogens is 316 g/mol. The fourth-order valence-electron chi connectivity index (χ4n) is 2.63. The van der Waals surface area contributed by atoms with Crippen LogP contribution < -0.4 is 9.64 Å². The maximum atomic E-state index is 12.6. The first-order valence-corrected chi connectivity index (χ1v) is 8.58. The van der Waals surface area contributed by atoms with Crippen molar-refractivity contribution in [2.24, 2.45) is 0 Å². The molecule has 22 heavy (non-hydrogen) atoms. The van der Waals surface area contributed by atoms with Crippen LogP contribution in [0.25, 0.3) is 0 Å². The fourth-order valence-corrected chi connectivity index (χ4v) is 3.93. The average molecular weight is 334 g/mol. The second-order valence-electron chi connectivity index (χ2n) is 5.30. The molecule has 0 bridgehead atoms. The SMILES string of the molecule is COc1ccc(N2C(=O)/C(=C/N3CCCCC3)SC2=S)cc1. The Morgan fingerprint density at radius 1 is 1.18 bits per heavy atom. The Balaban J connectivity index is 1.79. The Morgan fingerprint density at radius 3 is 2.50 bits per heavy atom. The summed E-state index contributed by atoms with van der Waals surface area (Å²) in [6.07, 6.45) is 5.63. The number of likely N-dealkylation sites (tertiary alicyclic amines) is 1. The van der Waals surface area contributed by atoms with Gasteiger partial charge in [-0.25, -0.2) is 0 Å². The monoisotopic (exact) mass is 334 g/mol. The molecule has 2 aliphatic rings. The molecule has 1 aromatic carbocycles.